The molecule has 0 saturated heterocycles. The summed E-state index contributed by atoms with van der Waals surface area (Å²) in [6.07, 6.45) is 0. The van der Waals surface area contributed by atoms with Crippen molar-refractivity contribution in [1.82, 2.24) is 4.98 Å². The SMILES string of the molecule is COc1ccc(-c2nc3cc(C(C)C)ccc3o2)cc1NC(=O)c1sc2cc(Cl)ccc2c1Cl. The van der Waals surface area contributed by atoms with Gasteiger partial charge in [-0.05, 0) is 53.9 Å². The summed E-state index contributed by atoms with van der Waals surface area (Å²) < 4.78 is 12.3. The molecular weight excluding hydrogens is 491 g/mol. The first-order valence-electron chi connectivity index (χ1n) is 10.6. The van der Waals surface area contributed by atoms with Crippen molar-refractivity contribution in [3.63, 3.8) is 0 Å². The highest BCUT2D eigenvalue weighted by Crippen LogP contribution is 2.38. The molecule has 1 amide bonds. The second-order valence-electron chi connectivity index (χ2n) is 8.16. The van der Waals surface area contributed by atoms with E-state index in [9.17, 15) is 4.79 Å². The molecule has 0 radical (unpaired) electrons. The van der Waals surface area contributed by atoms with Gasteiger partial charge in [0, 0.05) is 20.7 Å². The van der Waals surface area contributed by atoms with Crippen molar-refractivity contribution >= 4 is 67.3 Å². The number of ether oxygens (including phenoxy) is 1. The van der Waals surface area contributed by atoms with E-state index < -0.39 is 0 Å². The number of hydrogen-bond donors (Lipinski definition) is 1. The summed E-state index contributed by atoms with van der Waals surface area (Å²) in [5.74, 6) is 1.03. The molecule has 5 rings (SSSR count). The average molecular weight is 511 g/mol. The minimum absolute atomic E-state index is 0.336. The lowest BCUT2D eigenvalue weighted by molar-refractivity contribution is 0.103. The number of methoxy groups -OCH3 is 1. The molecule has 0 saturated carbocycles. The van der Waals surface area contributed by atoms with Crippen molar-refractivity contribution in [3.05, 3.63) is 75.1 Å². The molecule has 3 aromatic carbocycles. The number of amides is 1. The highest BCUT2D eigenvalue weighted by Gasteiger charge is 2.20. The van der Waals surface area contributed by atoms with E-state index in [1.54, 1.807) is 31.4 Å². The third kappa shape index (κ3) is 4.13. The minimum Gasteiger partial charge on any atom is -0.495 e. The number of fused-ring (bicyclic) bond motifs is 2. The van der Waals surface area contributed by atoms with Crippen LogP contribution in [0.3, 0.4) is 0 Å². The molecule has 0 aliphatic heterocycles. The predicted octanol–water partition coefficient (Wildman–Crippen LogP) is 8.40. The molecule has 2 heterocycles. The standard InChI is InChI=1S/C26H20Cl2N2O3S/c1-13(2)14-4-9-21-19(10-14)30-26(33-21)15-5-8-20(32-3)18(11-15)29-25(31)24-23(28)17-7-6-16(27)12-22(17)34-24/h4-13H,1-3H3,(H,29,31). The molecule has 0 fully saturated rings. The Balaban J connectivity index is 1.50. The normalized spacial score (nSPS) is 11.5. The quantitative estimate of drug-likeness (QED) is 0.257. The van der Waals surface area contributed by atoms with E-state index in [0.29, 0.717) is 49.3 Å². The number of anilines is 1. The van der Waals surface area contributed by atoms with Crippen molar-refractivity contribution in [2.75, 3.05) is 12.4 Å². The molecule has 8 heteroatoms. The molecule has 5 nitrogen and oxygen atoms in total. The molecule has 0 unspecified atom stereocenters. The molecule has 5 aromatic rings. The van der Waals surface area contributed by atoms with Gasteiger partial charge >= 0.3 is 0 Å². The van der Waals surface area contributed by atoms with Crippen molar-refractivity contribution in [3.8, 4) is 17.2 Å². The van der Waals surface area contributed by atoms with Gasteiger partial charge in [0.25, 0.3) is 5.91 Å². The zero-order valence-corrected chi connectivity index (χ0v) is 20.9. The molecule has 1 N–H and O–H groups in total. The smallest absolute Gasteiger partial charge is 0.267 e. The van der Waals surface area contributed by atoms with Gasteiger partial charge in [-0.3, -0.25) is 4.79 Å². The fourth-order valence-electron chi connectivity index (χ4n) is 3.73. The van der Waals surface area contributed by atoms with Gasteiger partial charge in [0.2, 0.25) is 5.89 Å². The van der Waals surface area contributed by atoms with E-state index in [2.05, 4.69) is 24.1 Å². The van der Waals surface area contributed by atoms with Crippen LogP contribution in [0.5, 0.6) is 5.75 Å². The molecule has 0 aliphatic rings. The van der Waals surface area contributed by atoms with Gasteiger partial charge in [-0.15, -0.1) is 11.3 Å². The van der Waals surface area contributed by atoms with Crippen LogP contribution in [0.2, 0.25) is 10.0 Å². The van der Waals surface area contributed by atoms with Crippen LogP contribution < -0.4 is 10.1 Å². The van der Waals surface area contributed by atoms with Crippen LogP contribution >= 0.6 is 34.5 Å². The number of carbonyl (C=O) groups is 1. The first-order valence-corrected chi connectivity index (χ1v) is 12.2. The Morgan fingerprint density at radius 3 is 2.68 bits per heavy atom. The Hall–Kier alpha value is -3.06. The van der Waals surface area contributed by atoms with Gasteiger partial charge in [0.15, 0.2) is 5.58 Å². The first-order chi connectivity index (χ1) is 16.3. The Morgan fingerprint density at radius 2 is 1.91 bits per heavy atom. The Kier molecular flexibility index (Phi) is 5.98. The first kappa shape index (κ1) is 22.7. The van der Waals surface area contributed by atoms with Gasteiger partial charge in [0.1, 0.15) is 16.1 Å². The van der Waals surface area contributed by atoms with Gasteiger partial charge in [-0.1, -0.05) is 49.2 Å². The Bertz CT molecular complexity index is 1560. The molecule has 0 bridgehead atoms. The third-order valence-electron chi connectivity index (χ3n) is 5.57. The lowest BCUT2D eigenvalue weighted by atomic mass is 10.0. The number of carbonyl (C=O) groups excluding carboxylic acids is 1. The van der Waals surface area contributed by atoms with Crippen LogP contribution in [0.25, 0.3) is 32.6 Å². The molecule has 0 spiro atoms. The Labute approximate surface area is 210 Å². The number of thiophene rings is 1. The summed E-state index contributed by atoms with van der Waals surface area (Å²) in [4.78, 5) is 18.2. The zero-order valence-electron chi connectivity index (χ0n) is 18.6. The van der Waals surface area contributed by atoms with Crippen LogP contribution in [-0.4, -0.2) is 18.0 Å². The van der Waals surface area contributed by atoms with Crippen LogP contribution in [0.4, 0.5) is 5.69 Å². The number of aromatic nitrogens is 1. The number of nitrogens with one attached hydrogen (secondary N) is 1. The lowest BCUT2D eigenvalue weighted by Crippen LogP contribution is -2.11. The van der Waals surface area contributed by atoms with Crippen LogP contribution in [0, 0.1) is 0 Å². The fourth-order valence-corrected chi connectivity index (χ4v) is 5.42. The summed E-state index contributed by atoms with van der Waals surface area (Å²) in [5.41, 5.74) is 3.89. The van der Waals surface area contributed by atoms with Gasteiger partial charge in [-0.25, -0.2) is 4.98 Å². The number of nitrogens with zero attached hydrogens (tertiary/aromatic N) is 1. The second kappa shape index (κ2) is 8.95. The number of hydrogen-bond acceptors (Lipinski definition) is 5. The third-order valence-corrected chi connectivity index (χ3v) is 7.46. The summed E-state index contributed by atoms with van der Waals surface area (Å²) in [7, 11) is 1.55. The molecular formula is C26H20Cl2N2O3S. The lowest BCUT2D eigenvalue weighted by Gasteiger charge is -2.11. The van der Waals surface area contributed by atoms with Crippen molar-refractivity contribution in [2.45, 2.75) is 19.8 Å². The van der Waals surface area contributed by atoms with E-state index in [4.69, 9.17) is 32.4 Å². The maximum atomic E-state index is 13.1. The molecule has 0 atom stereocenters. The highest BCUT2D eigenvalue weighted by atomic mass is 35.5. The van der Waals surface area contributed by atoms with Gasteiger partial charge in [0.05, 0.1) is 17.8 Å². The van der Waals surface area contributed by atoms with Gasteiger partial charge < -0.3 is 14.5 Å². The van der Waals surface area contributed by atoms with Crippen LogP contribution in [-0.2, 0) is 0 Å². The van der Waals surface area contributed by atoms with Crippen LogP contribution in [0.15, 0.2) is 59.0 Å². The van der Waals surface area contributed by atoms with Gasteiger partial charge in [-0.2, -0.15) is 0 Å². The van der Waals surface area contributed by atoms with E-state index in [0.717, 1.165) is 15.6 Å². The largest absolute Gasteiger partial charge is 0.495 e. The van der Waals surface area contributed by atoms with Crippen molar-refractivity contribution in [1.29, 1.82) is 0 Å². The van der Waals surface area contributed by atoms with Crippen molar-refractivity contribution in [2.24, 2.45) is 0 Å². The van der Waals surface area contributed by atoms with Crippen molar-refractivity contribution < 1.29 is 13.9 Å². The Morgan fingerprint density at radius 1 is 1.09 bits per heavy atom. The summed E-state index contributed by atoms with van der Waals surface area (Å²) in [6.45, 7) is 4.27. The average Bonchev–Trinajstić information content (AvgIpc) is 3.39. The molecule has 0 aliphatic carbocycles. The summed E-state index contributed by atoms with van der Waals surface area (Å²) in [5, 5.41) is 4.69. The number of halogens is 2. The van der Waals surface area contributed by atoms with E-state index in [1.807, 2.05) is 30.3 Å². The van der Waals surface area contributed by atoms with E-state index in [1.165, 1.54) is 16.9 Å². The maximum absolute atomic E-state index is 13.1. The summed E-state index contributed by atoms with van der Waals surface area (Å²) in [6, 6.07) is 16.8. The molecule has 2 aromatic heterocycles. The summed E-state index contributed by atoms with van der Waals surface area (Å²) >= 11 is 13.9. The number of oxazole rings is 1. The predicted molar refractivity (Wildman–Crippen MR) is 140 cm³/mol. The van der Waals surface area contributed by atoms with E-state index in [-0.39, 0.29) is 5.91 Å². The van der Waals surface area contributed by atoms with Crippen LogP contribution in [0.1, 0.15) is 35.0 Å². The monoisotopic (exact) mass is 510 g/mol. The second-order valence-corrected chi connectivity index (χ2v) is 10.0. The molecule has 34 heavy (non-hydrogen) atoms. The number of benzene rings is 3. The topological polar surface area (TPSA) is 64.4 Å². The maximum Gasteiger partial charge on any atom is 0.267 e. The van der Waals surface area contributed by atoms with E-state index >= 15 is 0 Å². The fraction of sp³-hybridized carbons (Fsp3) is 0.154. The highest BCUT2D eigenvalue weighted by molar-refractivity contribution is 7.21. The minimum atomic E-state index is -0.336. The zero-order chi connectivity index (χ0) is 24.0. The molecule has 172 valence electrons. The number of rotatable bonds is 5.